The molecule has 168 valence electrons. The van der Waals surface area contributed by atoms with E-state index in [1.54, 1.807) is 36.1 Å². The molecule has 2 aromatic carbocycles. The maximum absolute atomic E-state index is 13.0. The largest absolute Gasteiger partial charge is 0.416 e. The molecule has 0 radical (unpaired) electrons. The number of rotatable bonds is 6. The van der Waals surface area contributed by atoms with Crippen molar-refractivity contribution >= 4 is 17.5 Å². The summed E-state index contributed by atoms with van der Waals surface area (Å²) in [7, 11) is 0. The monoisotopic (exact) mass is 444 g/mol. The Morgan fingerprint density at radius 3 is 2.41 bits per heavy atom. The SMILES string of the molecule is CCN(CC)C(=O)c1cccc(NC(=O)c2cnn(-c3cccc(C(F)(F)F)c3)c2C)c1. The third kappa shape index (κ3) is 4.82. The molecule has 3 rings (SSSR count). The van der Waals surface area contributed by atoms with Crippen LogP contribution in [-0.2, 0) is 6.18 Å². The Morgan fingerprint density at radius 1 is 1.06 bits per heavy atom. The molecule has 0 aliphatic carbocycles. The van der Waals surface area contributed by atoms with E-state index in [1.165, 1.54) is 23.0 Å². The van der Waals surface area contributed by atoms with Gasteiger partial charge < -0.3 is 10.2 Å². The first-order valence-electron chi connectivity index (χ1n) is 10.1. The van der Waals surface area contributed by atoms with Gasteiger partial charge in [-0.25, -0.2) is 4.68 Å². The van der Waals surface area contributed by atoms with Crippen LogP contribution in [0.1, 0.15) is 45.8 Å². The third-order valence-corrected chi connectivity index (χ3v) is 5.09. The van der Waals surface area contributed by atoms with Gasteiger partial charge in [-0.1, -0.05) is 12.1 Å². The summed E-state index contributed by atoms with van der Waals surface area (Å²) >= 11 is 0. The molecule has 1 N–H and O–H groups in total. The molecule has 0 aliphatic rings. The number of carbonyl (C=O) groups excluding carboxylic acids is 2. The third-order valence-electron chi connectivity index (χ3n) is 5.09. The van der Waals surface area contributed by atoms with E-state index in [-0.39, 0.29) is 17.2 Å². The van der Waals surface area contributed by atoms with Gasteiger partial charge in [-0.3, -0.25) is 9.59 Å². The lowest BCUT2D eigenvalue weighted by molar-refractivity contribution is -0.137. The molecule has 32 heavy (non-hydrogen) atoms. The number of nitrogens with one attached hydrogen (secondary N) is 1. The number of alkyl halides is 3. The minimum Gasteiger partial charge on any atom is -0.339 e. The van der Waals surface area contributed by atoms with E-state index >= 15 is 0 Å². The summed E-state index contributed by atoms with van der Waals surface area (Å²) in [5.41, 5.74) is 0.871. The molecule has 2 amide bonds. The molecule has 0 spiro atoms. The van der Waals surface area contributed by atoms with Crippen molar-refractivity contribution in [2.75, 3.05) is 18.4 Å². The van der Waals surface area contributed by atoms with Gasteiger partial charge in [0.2, 0.25) is 0 Å². The zero-order valence-electron chi connectivity index (χ0n) is 17.9. The number of nitrogens with zero attached hydrogens (tertiary/aromatic N) is 3. The number of halogens is 3. The Labute approximate surface area is 183 Å². The molecule has 0 bridgehead atoms. The zero-order valence-corrected chi connectivity index (χ0v) is 17.9. The molecular formula is C23H23F3N4O2. The second kappa shape index (κ2) is 9.25. The van der Waals surface area contributed by atoms with Gasteiger partial charge in [0.05, 0.1) is 28.7 Å². The van der Waals surface area contributed by atoms with Crippen LogP contribution in [0.5, 0.6) is 0 Å². The Morgan fingerprint density at radius 2 is 1.75 bits per heavy atom. The summed E-state index contributed by atoms with van der Waals surface area (Å²) in [5, 5.41) is 6.82. The fourth-order valence-electron chi connectivity index (χ4n) is 3.33. The first kappa shape index (κ1) is 23.1. The molecule has 0 saturated heterocycles. The van der Waals surface area contributed by atoms with Crippen molar-refractivity contribution in [1.29, 1.82) is 0 Å². The van der Waals surface area contributed by atoms with E-state index in [2.05, 4.69) is 10.4 Å². The van der Waals surface area contributed by atoms with Crippen LogP contribution in [0.4, 0.5) is 18.9 Å². The van der Waals surface area contributed by atoms with Crippen molar-refractivity contribution in [2.45, 2.75) is 26.9 Å². The second-order valence-corrected chi connectivity index (χ2v) is 7.12. The first-order chi connectivity index (χ1) is 15.2. The molecule has 1 heterocycles. The summed E-state index contributed by atoms with van der Waals surface area (Å²) in [6, 6.07) is 11.3. The zero-order chi connectivity index (χ0) is 23.5. The fraction of sp³-hybridized carbons (Fsp3) is 0.261. The van der Waals surface area contributed by atoms with Crippen molar-refractivity contribution in [3.8, 4) is 5.69 Å². The predicted molar refractivity (Wildman–Crippen MR) is 115 cm³/mol. The molecule has 6 nitrogen and oxygen atoms in total. The normalized spacial score (nSPS) is 11.3. The molecule has 0 saturated carbocycles. The van der Waals surface area contributed by atoms with Crippen LogP contribution in [0.25, 0.3) is 5.69 Å². The summed E-state index contributed by atoms with van der Waals surface area (Å²) in [6.07, 6.45) is -3.18. The van der Waals surface area contributed by atoms with Gasteiger partial charge in [0.1, 0.15) is 0 Å². The van der Waals surface area contributed by atoms with Gasteiger partial charge in [0.25, 0.3) is 11.8 Å². The molecule has 0 atom stereocenters. The van der Waals surface area contributed by atoms with Crippen LogP contribution >= 0.6 is 0 Å². The molecule has 3 aromatic rings. The van der Waals surface area contributed by atoms with Gasteiger partial charge in [-0.05, 0) is 57.2 Å². The predicted octanol–water partition coefficient (Wildman–Crippen LogP) is 4.93. The number of benzene rings is 2. The van der Waals surface area contributed by atoms with Gasteiger partial charge in [-0.2, -0.15) is 18.3 Å². The van der Waals surface area contributed by atoms with Crippen molar-refractivity contribution in [1.82, 2.24) is 14.7 Å². The molecule has 0 aliphatic heterocycles. The number of carbonyl (C=O) groups is 2. The lowest BCUT2D eigenvalue weighted by Gasteiger charge is -2.19. The van der Waals surface area contributed by atoms with Crippen molar-refractivity contribution in [3.63, 3.8) is 0 Å². The van der Waals surface area contributed by atoms with Crippen LogP contribution in [0, 0.1) is 6.92 Å². The van der Waals surface area contributed by atoms with E-state index in [0.717, 1.165) is 12.1 Å². The number of anilines is 1. The summed E-state index contributed by atoms with van der Waals surface area (Å²) in [5.74, 6) is -0.618. The lowest BCUT2D eigenvalue weighted by Crippen LogP contribution is -2.30. The summed E-state index contributed by atoms with van der Waals surface area (Å²) in [4.78, 5) is 27.0. The van der Waals surface area contributed by atoms with Crippen LogP contribution in [0.15, 0.2) is 54.7 Å². The number of hydrogen-bond acceptors (Lipinski definition) is 3. The van der Waals surface area contributed by atoms with Crippen LogP contribution in [-0.4, -0.2) is 39.6 Å². The van der Waals surface area contributed by atoms with Crippen LogP contribution in [0.3, 0.4) is 0 Å². The van der Waals surface area contributed by atoms with E-state index < -0.39 is 17.6 Å². The molecule has 0 unspecified atom stereocenters. The second-order valence-electron chi connectivity index (χ2n) is 7.12. The average Bonchev–Trinajstić information content (AvgIpc) is 3.15. The van der Waals surface area contributed by atoms with E-state index in [4.69, 9.17) is 0 Å². The smallest absolute Gasteiger partial charge is 0.339 e. The minimum absolute atomic E-state index is 0.139. The van der Waals surface area contributed by atoms with Crippen molar-refractivity contribution in [3.05, 3.63) is 77.1 Å². The number of amides is 2. The first-order valence-corrected chi connectivity index (χ1v) is 10.1. The quantitative estimate of drug-likeness (QED) is 0.586. The van der Waals surface area contributed by atoms with Crippen molar-refractivity contribution < 1.29 is 22.8 Å². The van der Waals surface area contributed by atoms with Gasteiger partial charge >= 0.3 is 6.18 Å². The fourth-order valence-corrected chi connectivity index (χ4v) is 3.33. The lowest BCUT2D eigenvalue weighted by atomic mass is 10.1. The molecular weight excluding hydrogens is 421 g/mol. The highest BCUT2D eigenvalue weighted by Crippen LogP contribution is 2.30. The highest BCUT2D eigenvalue weighted by Gasteiger charge is 2.30. The van der Waals surface area contributed by atoms with Gasteiger partial charge in [-0.15, -0.1) is 0 Å². The molecule has 9 heteroatoms. The topological polar surface area (TPSA) is 67.2 Å². The Kier molecular flexibility index (Phi) is 6.67. The Hall–Kier alpha value is -3.62. The van der Waals surface area contributed by atoms with E-state index in [0.29, 0.717) is 30.0 Å². The van der Waals surface area contributed by atoms with Crippen molar-refractivity contribution in [2.24, 2.45) is 0 Å². The standard InChI is InChI=1S/C23H23F3N4O2/c1-4-29(5-2)22(32)16-8-6-10-18(12-16)28-21(31)20-14-27-30(15(20)3)19-11-7-9-17(13-19)23(24,25)26/h6-14H,4-5H2,1-3H3,(H,28,31). The van der Waals surface area contributed by atoms with Crippen LogP contribution < -0.4 is 5.32 Å². The maximum atomic E-state index is 13.0. The summed E-state index contributed by atoms with van der Waals surface area (Å²) < 4.78 is 40.4. The highest BCUT2D eigenvalue weighted by atomic mass is 19.4. The molecule has 1 aromatic heterocycles. The Balaban J connectivity index is 1.83. The van der Waals surface area contributed by atoms with Gasteiger partial charge in [0, 0.05) is 24.3 Å². The number of hydrogen-bond donors (Lipinski definition) is 1. The maximum Gasteiger partial charge on any atom is 0.416 e. The average molecular weight is 444 g/mol. The Bertz CT molecular complexity index is 1130. The molecule has 0 fully saturated rings. The van der Waals surface area contributed by atoms with Crippen LogP contribution in [0.2, 0.25) is 0 Å². The minimum atomic E-state index is -4.48. The van der Waals surface area contributed by atoms with E-state index in [1.807, 2.05) is 13.8 Å². The highest BCUT2D eigenvalue weighted by molar-refractivity contribution is 6.05. The van der Waals surface area contributed by atoms with Gasteiger partial charge in [0.15, 0.2) is 0 Å². The van der Waals surface area contributed by atoms with E-state index in [9.17, 15) is 22.8 Å². The summed E-state index contributed by atoms with van der Waals surface area (Å²) in [6.45, 7) is 6.51. The number of aromatic nitrogens is 2.